The molecule has 0 saturated carbocycles. The van der Waals surface area contributed by atoms with Crippen LogP contribution in [0.25, 0.3) is 0 Å². The number of hydrogen-bond donors (Lipinski definition) is 2. The molecule has 0 spiro atoms. The Hall–Kier alpha value is -1.39. The number of nitrogens with zero attached hydrogens (tertiary/aromatic N) is 3. The fourth-order valence-corrected chi connectivity index (χ4v) is 3.85. The van der Waals surface area contributed by atoms with Gasteiger partial charge in [-0.25, -0.2) is 0 Å². The summed E-state index contributed by atoms with van der Waals surface area (Å²) >= 11 is 0. The molecule has 2 heterocycles. The van der Waals surface area contributed by atoms with Crippen LogP contribution >= 0.6 is 24.0 Å². The Labute approximate surface area is 191 Å². The summed E-state index contributed by atoms with van der Waals surface area (Å²) in [5, 5.41) is 6.75. The summed E-state index contributed by atoms with van der Waals surface area (Å²) in [5.74, 6) is 1.52. The number of ether oxygens (including phenoxy) is 1. The topological polar surface area (TPSA) is 69.2 Å². The molecular weight excluding hydrogens is 481 g/mol. The van der Waals surface area contributed by atoms with E-state index in [2.05, 4.69) is 34.4 Å². The zero-order valence-corrected chi connectivity index (χ0v) is 20.0. The third-order valence-corrected chi connectivity index (χ3v) is 5.10. The lowest BCUT2D eigenvalue weighted by molar-refractivity contribution is -0.117. The van der Waals surface area contributed by atoms with Crippen LogP contribution in [0, 0.1) is 5.92 Å². The van der Waals surface area contributed by atoms with Gasteiger partial charge in [0.2, 0.25) is 5.91 Å². The number of para-hydroxylation sites is 1. The van der Waals surface area contributed by atoms with Gasteiger partial charge in [0.05, 0.1) is 18.8 Å². The first-order valence-corrected chi connectivity index (χ1v) is 10.2. The molecule has 1 aromatic rings. The summed E-state index contributed by atoms with van der Waals surface area (Å²) in [6.45, 7) is 9.66. The Bertz CT molecular complexity index is 670. The van der Waals surface area contributed by atoms with Crippen LogP contribution in [-0.4, -0.2) is 75.3 Å². The van der Waals surface area contributed by atoms with E-state index in [0.29, 0.717) is 25.4 Å². The number of aliphatic imine (C=N–C) groups is 1. The average Bonchev–Trinajstić information content (AvgIpc) is 3.05. The highest BCUT2D eigenvalue weighted by Gasteiger charge is 2.31. The van der Waals surface area contributed by atoms with E-state index in [0.717, 1.165) is 37.9 Å². The van der Waals surface area contributed by atoms with E-state index in [1.807, 2.05) is 35.2 Å². The normalized spacial score (nSPS) is 23.2. The van der Waals surface area contributed by atoms with Gasteiger partial charge < -0.3 is 20.3 Å². The molecule has 1 amide bonds. The number of amides is 1. The molecule has 3 rings (SSSR count). The number of benzene rings is 1. The summed E-state index contributed by atoms with van der Waals surface area (Å²) in [7, 11) is 1.76. The van der Waals surface area contributed by atoms with Crippen molar-refractivity contribution in [2.75, 3.05) is 51.3 Å². The lowest BCUT2D eigenvalue weighted by Crippen LogP contribution is -2.51. The maximum atomic E-state index is 12.4. The Kier molecular flexibility index (Phi) is 9.64. The van der Waals surface area contributed by atoms with E-state index in [1.165, 1.54) is 0 Å². The number of rotatable bonds is 6. The third kappa shape index (κ3) is 7.11. The van der Waals surface area contributed by atoms with E-state index in [4.69, 9.17) is 4.74 Å². The Morgan fingerprint density at radius 1 is 1.28 bits per heavy atom. The molecule has 2 saturated heterocycles. The number of morpholine rings is 1. The second-order valence-electron chi connectivity index (χ2n) is 7.98. The van der Waals surface area contributed by atoms with Gasteiger partial charge in [0.25, 0.3) is 0 Å². The number of carbonyl (C=O) groups excluding carboxylic acids is 1. The summed E-state index contributed by atoms with van der Waals surface area (Å²) in [5.41, 5.74) is 0.945. The van der Waals surface area contributed by atoms with Gasteiger partial charge in [-0.3, -0.25) is 14.7 Å². The van der Waals surface area contributed by atoms with Crippen molar-refractivity contribution in [3.8, 4) is 0 Å². The van der Waals surface area contributed by atoms with Crippen molar-refractivity contribution in [1.29, 1.82) is 0 Å². The van der Waals surface area contributed by atoms with E-state index in [9.17, 15) is 4.79 Å². The number of hydrogen-bond acceptors (Lipinski definition) is 4. The van der Waals surface area contributed by atoms with E-state index < -0.39 is 0 Å². The van der Waals surface area contributed by atoms with E-state index >= 15 is 0 Å². The Balaban J connectivity index is 0.00000300. The van der Waals surface area contributed by atoms with Crippen LogP contribution in [0.5, 0.6) is 0 Å². The highest BCUT2D eigenvalue weighted by atomic mass is 127. The summed E-state index contributed by atoms with van der Waals surface area (Å²) in [6, 6.07) is 9.85. The minimum absolute atomic E-state index is 0. The van der Waals surface area contributed by atoms with Gasteiger partial charge in [-0.15, -0.1) is 24.0 Å². The van der Waals surface area contributed by atoms with Gasteiger partial charge in [-0.2, -0.15) is 0 Å². The molecule has 1 aromatic carbocycles. The highest BCUT2D eigenvalue weighted by Crippen LogP contribution is 2.20. The molecule has 2 N–H and O–H groups in total. The van der Waals surface area contributed by atoms with Crippen LogP contribution in [0.3, 0.4) is 0 Å². The molecule has 0 bridgehead atoms. The van der Waals surface area contributed by atoms with Gasteiger partial charge in [0.1, 0.15) is 0 Å². The second-order valence-corrected chi connectivity index (χ2v) is 7.98. The van der Waals surface area contributed by atoms with Crippen molar-refractivity contribution in [2.24, 2.45) is 10.9 Å². The molecule has 0 aliphatic carbocycles. The Morgan fingerprint density at radius 3 is 2.72 bits per heavy atom. The average molecular weight is 515 g/mol. The number of anilines is 1. The largest absolute Gasteiger partial charge is 0.374 e. The van der Waals surface area contributed by atoms with Crippen molar-refractivity contribution >= 4 is 41.5 Å². The number of halogens is 1. The van der Waals surface area contributed by atoms with Crippen LogP contribution in [0.1, 0.15) is 20.3 Å². The van der Waals surface area contributed by atoms with Crippen LogP contribution in [-0.2, 0) is 9.53 Å². The minimum atomic E-state index is 0. The molecule has 7 nitrogen and oxygen atoms in total. The van der Waals surface area contributed by atoms with Crippen LogP contribution in [0.4, 0.5) is 5.69 Å². The smallest absolute Gasteiger partial charge is 0.229 e. The van der Waals surface area contributed by atoms with Crippen molar-refractivity contribution < 1.29 is 9.53 Å². The van der Waals surface area contributed by atoms with Gasteiger partial charge in [0, 0.05) is 51.9 Å². The van der Waals surface area contributed by atoms with Crippen LogP contribution < -0.4 is 15.5 Å². The van der Waals surface area contributed by atoms with Gasteiger partial charge in [-0.1, -0.05) is 32.0 Å². The Morgan fingerprint density at radius 2 is 2.03 bits per heavy atom. The van der Waals surface area contributed by atoms with Crippen molar-refractivity contribution in [1.82, 2.24) is 15.5 Å². The lowest BCUT2D eigenvalue weighted by atomic mass is 10.2. The zero-order chi connectivity index (χ0) is 19.9. The first kappa shape index (κ1) is 23.9. The molecule has 2 fully saturated rings. The number of nitrogens with one attached hydrogen (secondary N) is 2. The molecule has 8 heteroatoms. The lowest BCUT2D eigenvalue weighted by Gasteiger charge is -2.34. The quantitative estimate of drug-likeness (QED) is 0.345. The number of carbonyl (C=O) groups is 1. The molecule has 2 atom stereocenters. The van der Waals surface area contributed by atoms with Gasteiger partial charge in [0.15, 0.2) is 5.96 Å². The fourth-order valence-electron chi connectivity index (χ4n) is 3.85. The molecule has 2 aliphatic rings. The second kappa shape index (κ2) is 11.7. The maximum Gasteiger partial charge on any atom is 0.229 e. The maximum absolute atomic E-state index is 12.4. The number of guanidine groups is 1. The molecule has 162 valence electrons. The van der Waals surface area contributed by atoms with Crippen LogP contribution in [0.15, 0.2) is 35.3 Å². The summed E-state index contributed by atoms with van der Waals surface area (Å²) < 4.78 is 5.90. The molecule has 2 aliphatic heterocycles. The third-order valence-electron chi connectivity index (χ3n) is 5.10. The molecule has 0 aromatic heterocycles. The van der Waals surface area contributed by atoms with Crippen LogP contribution in [0.2, 0.25) is 0 Å². The molecular formula is C21H34IN5O2. The molecule has 0 radical (unpaired) electrons. The van der Waals surface area contributed by atoms with Gasteiger partial charge in [-0.05, 0) is 18.1 Å². The van der Waals surface area contributed by atoms with Gasteiger partial charge >= 0.3 is 0 Å². The zero-order valence-electron chi connectivity index (χ0n) is 17.6. The molecule has 2 unspecified atom stereocenters. The SMILES string of the molecule is CN=C(NCC1CN(CC(C)C)CCO1)NC1CC(=O)N(c2ccccc2)C1.I. The monoisotopic (exact) mass is 515 g/mol. The minimum Gasteiger partial charge on any atom is -0.374 e. The van der Waals surface area contributed by atoms with E-state index in [-0.39, 0.29) is 42.0 Å². The first-order valence-electron chi connectivity index (χ1n) is 10.2. The van der Waals surface area contributed by atoms with E-state index in [1.54, 1.807) is 7.05 Å². The van der Waals surface area contributed by atoms with Crippen molar-refractivity contribution in [2.45, 2.75) is 32.4 Å². The summed E-state index contributed by atoms with van der Waals surface area (Å²) in [6.07, 6.45) is 0.620. The summed E-state index contributed by atoms with van der Waals surface area (Å²) in [4.78, 5) is 21.0. The first-order chi connectivity index (χ1) is 13.5. The van der Waals surface area contributed by atoms with Crippen molar-refractivity contribution in [3.05, 3.63) is 30.3 Å². The highest BCUT2D eigenvalue weighted by molar-refractivity contribution is 14.0. The van der Waals surface area contributed by atoms with Crippen molar-refractivity contribution in [3.63, 3.8) is 0 Å². The predicted octanol–water partition coefficient (Wildman–Crippen LogP) is 1.93. The predicted molar refractivity (Wildman–Crippen MR) is 128 cm³/mol. The standard InChI is InChI=1S/C21H33N5O2.HI/c1-16(2)13-25-9-10-28-19(15-25)12-23-21(22-3)24-17-11-20(27)26(14-17)18-7-5-4-6-8-18;/h4-8,16-17,19H,9-15H2,1-3H3,(H2,22,23,24);1H. The fraction of sp³-hybridized carbons (Fsp3) is 0.619. The molecule has 29 heavy (non-hydrogen) atoms.